The van der Waals surface area contributed by atoms with E-state index in [1.807, 2.05) is 30.3 Å². The van der Waals surface area contributed by atoms with Crippen molar-refractivity contribution in [1.82, 2.24) is 10.5 Å². The van der Waals surface area contributed by atoms with Crippen LogP contribution >= 0.6 is 0 Å². The summed E-state index contributed by atoms with van der Waals surface area (Å²) >= 11 is 0. The van der Waals surface area contributed by atoms with E-state index < -0.39 is 23.7 Å². The number of anilines is 1. The quantitative estimate of drug-likeness (QED) is 0.737. The molecule has 6 nitrogen and oxygen atoms in total. The Bertz CT molecular complexity index is 925. The molecule has 1 atom stereocenters. The van der Waals surface area contributed by atoms with Crippen LogP contribution in [0.1, 0.15) is 17.4 Å². The Morgan fingerprint density at radius 1 is 1.08 bits per heavy atom. The molecule has 0 fully saturated rings. The number of nitrogens with zero attached hydrogens (tertiary/aromatic N) is 1. The van der Waals surface area contributed by atoms with Crippen molar-refractivity contribution in [3.05, 3.63) is 72.2 Å². The fourth-order valence-corrected chi connectivity index (χ4v) is 2.26. The van der Waals surface area contributed by atoms with E-state index in [1.165, 1.54) is 31.2 Å². The van der Waals surface area contributed by atoms with E-state index in [0.717, 1.165) is 5.56 Å². The Hall–Kier alpha value is -3.48. The van der Waals surface area contributed by atoms with Crippen LogP contribution in [0.4, 0.5) is 10.1 Å². The zero-order valence-corrected chi connectivity index (χ0v) is 13.9. The van der Waals surface area contributed by atoms with Gasteiger partial charge in [0, 0.05) is 11.6 Å². The topological polar surface area (TPSA) is 84.2 Å². The van der Waals surface area contributed by atoms with Gasteiger partial charge in [-0.25, -0.2) is 4.39 Å². The van der Waals surface area contributed by atoms with Crippen molar-refractivity contribution in [1.29, 1.82) is 0 Å². The molecule has 3 aromatic rings. The predicted octanol–water partition coefficient (Wildman–Crippen LogP) is 3.24. The second kappa shape index (κ2) is 7.60. The molecular weight excluding hydrogens is 337 g/mol. The minimum absolute atomic E-state index is 0.0476. The fourth-order valence-electron chi connectivity index (χ4n) is 2.26. The molecule has 7 heteroatoms. The van der Waals surface area contributed by atoms with Crippen molar-refractivity contribution in [2.75, 3.05) is 5.32 Å². The number of rotatable bonds is 5. The van der Waals surface area contributed by atoms with Gasteiger partial charge in [-0.2, -0.15) is 0 Å². The molecule has 3 rings (SSSR count). The first-order chi connectivity index (χ1) is 12.5. The van der Waals surface area contributed by atoms with Gasteiger partial charge in [0.15, 0.2) is 11.5 Å². The maximum absolute atomic E-state index is 13.6. The summed E-state index contributed by atoms with van der Waals surface area (Å²) in [7, 11) is 0. The van der Waals surface area contributed by atoms with Gasteiger partial charge < -0.3 is 15.2 Å². The minimum Gasteiger partial charge on any atom is -0.355 e. The first-order valence-electron chi connectivity index (χ1n) is 7.93. The van der Waals surface area contributed by atoms with Gasteiger partial charge in [0.05, 0.1) is 5.69 Å². The molecule has 0 aliphatic rings. The Kier molecular flexibility index (Phi) is 5.07. The highest BCUT2D eigenvalue weighted by molar-refractivity contribution is 6.00. The molecule has 132 valence electrons. The summed E-state index contributed by atoms with van der Waals surface area (Å²) in [5, 5.41) is 8.65. The smallest absolute Gasteiger partial charge is 0.274 e. The second-order valence-electron chi connectivity index (χ2n) is 5.61. The molecule has 2 amide bonds. The predicted molar refractivity (Wildman–Crippen MR) is 93.9 cm³/mol. The highest BCUT2D eigenvalue weighted by Crippen LogP contribution is 2.19. The third-order valence-corrected chi connectivity index (χ3v) is 3.67. The van der Waals surface area contributed by atoms with Crippen LogP contribution in [-0.4, -0.2) is 23.0 Å². The number of amides is 2. The number of carbonyl (C=O) groups excluding carboxylic acids is 2. The highest BCUT2D eigenvalue weighted by Gasteiger charge is 2.20. The van der Waals surface area contributed by atoms with E-state index in [2.05, 4.69) is 15.8 Å². The second-order valence-corrected chi connectivity index (χ2v) is 5.61. The number of benzene rings is 2. The van der Waals surface area contributed by atoms with Crippen LogP contribution in [-0.2, 0) is 4.79 Å². The lowest BCUT2D eigenvalue weighted by Crippen LogP contribution is -2.41. The van der Waals surface area contributed by atoms with Crippen molar-refractivity contribution < 1.29 is 18.5 Å². The van der Waals surface area contributed by atoms with Gasteiger partial charge in [0.2, 0.25) is 5.91 Å². The van der Waals surface area contributed by atoms with Crippen molar-refractivity contribution in [3.8, 4) is 11.3 Å². The average Bonchev–Trinajstić information content (AvgIpc) is 3.14. The lowest BCUT2D eigenvalue weighted by atomic mass is 10.1. The number of hydrogen-bond donors (Lipinski definition) is 2. The molecule has 0 saturated carbocycles. The maximum atomic E-state index is 13.6. The van der Waals surface area contributed by atoms with Gasteiger partial charge in [-0.1, -0.05) is 47.6 Å². The van der Waals surface area contributed by atoms with Crippen LogP contribution in [0.5, 0.6) is 0 Å². The molecule has 0 radical (unpaired) electrons. The maximum Gasteiger partial charge on any atom is 0.274 e. The standard InChI is InChI=1S/C19H16FN3O3/c1-12(18(24)22-15-10-6-5-9-14(15)20)21-19(25)16-11-17(26-23-16)13-7-3-2-4-8-13/h2-12H,1H3,(H,21,25)(H,22,24). The largest absolute Gasteiger partial charge is 0.355 e. The molecule has 2 N–H and O–H groups in total. The molecular formula is C19H16FN3O3. The zero-order valence-electron chi connectivity index (χ0n) is 13.9. The van der Waals surface area contributed by atoms with Gasteiger partial charge in [0.1, 0.15) is 11.9 Å². The summed E-state index contributed by atoms with van der Waals surface area (Å²) in [6.45, 7) is 1.49. The van der Waals surface area contributed by atoms with Crippen LogP contribution in [0.25, 0.3) is 11.3 Å². The minimum atomic E-state index is -0.890. The third kappa shape index (κ3) is 3.94. The molecule has 26 heavy (non-hydrogen) atoms. The first kappa shape index (κ1) is 17.3. The van der Waals surface area contributed by atoms with E-state index in [1.54, 1.807) is 6.07 Å². The van der Waals surface area contributed by atoms with Gasteiger partial charge in [-0.3, -0.25) is 9.59 Å². The van der Waals surface area contributed by atoms with Crippen LogP contribution in [0.2, 0.25) is 0 Å². The normalized spacial score (nSPS) is 11.6. The summed E-state index contributed by atoms with van der Waals surface area (Å²) in [5.74, 6) is -1.22. The molecule has 2 aromatic carbocycles. The van der Waals surface area contributed by atoms with Crippen molar-refractivity contribution >= 4 is 17.5 Å². The van der Waals surface area contributed by atoms with E-state index in [4.69, 9.17) is 4.52 Å². The molecule has 1 unspecified atom stereocenters. The summed E-state index contributed by atoms with van der Waals surface area (Å²) in [6, 6.07) is 15.6. The monoisotopic (exact) mass is 353 g/mol. The molecule has 0 spiro atoms. The molecule has 0 aliphatic heterocycles. The Morgan fingerprint density at radius 2 is 1.77 bits per heavy atom. The summed E-state index contributed by atoms with van der Waals surface area (Å²) in [4.78, 5) is 24.4. The molecule has 1 aromatic heterocycles. The van der Waals surface area contributed by atoms with Crippen LogP contribution < -0.4 is 10.6 Å². The Morgan fingerprint density at radius 3 is 2.50 bits per heavy atom. The molecule has 0 aliphatic carbocycles. The van der Waals surface area contributed by atoms with E-state index in [-0.39, 0.29) is 11.4 Å². The van der Waals surface area contributed by atoms with E-state index in [0.29, 0.717) is 5.76 Å². The van der Waals surface area contributed by atoms with Crippen LogP contribution in [0, 0.1) is 5.82 Å². The van der Waals surface area contributed by atoms with Crippen LogP contribution in [0.3, 0.4) is 0 Å². The van der Waals surface area contributed by atoms with E-state index in [9.17, 15) is 14.0 Å². The van der Waals surface area contributed by atoms with Gasteiger partial charge >= 0.3 is 0 Å². The molecule has 0 saturated heterocycles. The Balaban J connectivity index is 1.63. The lowest BCUT2D eigenvalue weighted by Gasteiger charge is -2.13. The molecule has 0 bridgehead atoms. The van der Waals surface area contributed by atoms with Crippen LogP contribution in [0.15, 0.2) is 65.2 Å². The molecule has 1 heterocycles. The average molecular weight is 353 g/mol. The van der Waals surface area contributed by atoms with Crippen molar-refractivity contribution in [2.45, 2.75) is 13.0 Å². The third-order valence-electron chi connectivity index (χ3n) is 3.67. The van der Waals surface area contributed by atoms with Crippen molar-refractivity contribution in [3.63, 3.8) is 0 Å². The number of aromatic nitrogens is 1. The number of carbonyl (C=O) groups is 2. The SMILES string of the molecule is CC(NC(=O)c1cc(-c2ccccc2)on1)C(=O)Nc1ccccc1F. The van der Waals surface area contributed by atoms with Gasteiger partial charge in [-0.15, -0.1) is 0 Å². The number of halogens is 1. The summed E-state index contributed by atoms with van der Waals surface area (Å²) in [6.07, 6.45) is 0. The number of para-hydroxylation sites is 1. The zero-order chi connectivity index (χ0) is 18.5. The summed E-state index contributed by atoms with van der Waals surface area (Å²) < 4.78 is 18.7. The number of hydrogen-bond acceptors (Lipinski definition) is 4. The first-order valence-corrected chi connectivity index (χ1v) is 7.93. The van der Waals surface area contributed by atoms with Gasteiger partial charge in [-0.05, 0) is 19.1 Å². The Labute approximate surface area is 149 Å². The summed E-state index contributed by atoms with van der Waals surface area (Å²) in [5.41, 5.74) is 0.880. The van der Waals surface area contributed by atoms with Gasteiger partial charge in [0.25, 0.3) is 5.91 Å². The number of nitrogens with one attached hydrogen (secondary N) is 2. The fraction of sp³-hybridized carbons (Fsp3) is 0.105. The lowest BCUT2D eigenvalue weighted by molar-refractivity contribution is -0.117. The highest BCUT2D eigenvalue weighted by atomic mass is 19.1. The van der Waals surface area contributed by atoms with E-state index >= 15 is 0 Å². The van der Waals surface area contributed by atoms with Crippen molar-refractivity contribution in [2.24, 2.45) is 0 Å².